The topological polar surface area (TPSA) is 133 Å². The number of aliphatic hydroxyl groups excluding tert-OH is 1. The average Bonchev–Trinajstić information content (AvgIpc) is 2.93. The Kier molecular flexibility index (Phi) is 5.02. The lowest BCUT2D eigenvalue weighted by molar-refractivity contribution is 0.0695. The van der Waals surface area contributed by atoms with Gasteiger partial charge in [-0.25, -0.2) is 14.2 Å². The van der Waals surface area contributed by atoms with Gasteiger partial charge in [0.25, 0.3) is 0 Å². The number of carboxylic acids is 1. The Labute approximate surface area is 154 Å². The van der Waals surface area contributed by atoms with Gasteiger partial charge in [-0.05, 0) is 12.6 Å². The first-order chi connectivity index (χ1) is 12.6. The van der Waals surface area contributed by atoms with Crippen LogP contribution in [-0.2, 0) is 5.41 Å². The predicted molar refractivity (Wildman–Crippen MR) is 97.3 cm³/mol. The highest BCUT2D eigenvalue weighted by molar-refractivity contribution is 5.91. The number of β-amino-alcohol motifs (C(OH)–C–C–N with tert-alkyl or cyclic N) is 1. The van der Waals surface area contributed by atoms with E-state index in [-0.39, 0.29) is 22.6 Å². The minimum absolute atomic E-state index is 0.0130. The molecule has 5 N–H and O–H groups in total. The van der Waals surface area contributed by atoms with E-state index >= 15 is 0 Å². The maximum absolute atomic E-state index is 14.8. The van der Waals surface area contributed by atoms with E-state index in [9.17, 15) is 19.1 Å². The molecule has 0 amide bonds. The van der Waals surface area contributed by atoms with Gasteiger partial charge in [-0.15, -0.1) is 0 Å². The Bertz CT molecular complexity index is 943. The summed E-state index contributed by atoms with van der Waals surface area (Å²) in [5.74, 6) is -2.07. The van der Waals surface area contributed by atoms with E-state index in [2.05, 4.69) is 9.97 Å². The van der Waals surface area contributed by atoms with E-state index < -0.39 is 34.3 Å². The molecule has 0 aromatic carbocycles. The minimum atomic E-state index is -1.38. The van der Waals surface area contributed by atoms with Gasteiger partial charge in [0.05, 0.1) is 17.2 Å². The highest BCUT2D eigenvalue weighted by atomic mass is 19.1. The van der Waals surface area contributed by atoms with E-state index in [1.54, 1.807) is 0 Å². The molecule has 0 radical (unpaired) electrons. The van der Waals surface area contributed by atoms with Crippen LogP contribution in [-0.4, -0.2) is 63.3 Å². The van der Waals surface area contributed by atoms with Gasteiger partial charge >= 0.3 is 5.97 Å². The molecule has 2 aromatic heterocycles. The summed E-state index contributed by atoms with van der Waals surface area (Å²) in [7, 11) is 0. The van der Waals surface area contributed by atoms with Crippen molar-refractivity contribution in [1.29, 1.82) is 0 Å². The van der Waals surface area contributed by atoms with Crippen molar-refractivity contribution in [1.82, 2.24) is 14.9 Å². The number of likely N-dealkylation sites (tertiary alicyclic amines) is 1. The van der Waals surface area contributed by atoms with Crippen molar-refractivity contribution in [2.45, 2.75) is 25.4 Å². The summed E-state index contributed by atoms with van der Waals surface area (Å²) >= 11 is 0. The highest BCUT2D eigenvalue weighted by Crippen LogP contribution is 2.29. The number of nitrogens with two attached hydrogens (primary N) is 1. The number of nitrogens with one attached hydrogen (secondary N) is 1. The largest absolute Gasteiger partial charge is 0.477 e. The summed E-state index contributed by atoms with van der Waals surface area (Å²) in [5.41, 5.74) is 4.02. The molecule has 1 aliphatic heterocycles. The zero-order valence-corrected chi connectivity index (χ0v) is 15.2. The van der Waals surface area contributed by atoms with Crippen LogP contribution in [0.25, 0.3) is 11.0 Å². The highest BCUT2D eigenvalue weighted by Gasteiger charge is 2.36. The zero-order chi connectivity index (χ0) is 19.9. The molecule has 2 aromatic rings. The zero-order valence-electron chi connectivity index (χ0n) is 15.2. The predicted octanol–water partition coefficient (Wildman–Crippen LogP) is 0.289. The lowest BCUT2D eigenvalue weighted by Gasteiger charge is -2.30. The molecule has 0 bridgehead atoms. The van der Waals surface area contributed by atoms with Gasteiger partial charge in [0, 0.05) is 37.2 Å². The molecule has 27 heavy (non-hydrogen) atoms. The van der Waals surface area contributed by atoms with Crippen LogP contribution in [0.5, 0.6) is 0 Å². The van der Waals surface area contributed by atoms with Gasteiger partial charge in [-0.2, -0.15) is 0 Å². The molecule has 0 aliphatic carbocycles. The molecule has 2 unspecified atom stereocenters. The van der Waals surface area contributed by atoms with Crippen molar-refractivity contribution in [3.05, 3.63) is 39.6 Å². The first-order valence-electron chi connectivity index (χ1n) is 8.70. The number of carboxylic acid groups (broad SMARTS) is 1. The molecule has 9 heteroatoms. The Hall–Kier alpha value is -2.36. The van der Waals surface area contributed by atoms with Crippen LogP contribution in [0.3, 0.4) is 0 Å². The molecular weight excluding hydrogens is 355 g/mol. The van der Waals surface area contributed by atoms with Crippen molar-refractivity contribution < 1.29 is 19.4 Å². The van der Waals surface area contributed by atoms with Crippen molar-refractivity contribution >= 4 is 17.0 Å². The SMILES string of the molecule is CC(C)(CN1CC(O)C(CN)C1)c1nc2[nH]cc(C(=O)O)c(=O)c2cc1F. The standard InChI is InChI=1S/C18H23FN4O4/c1-18(2,8-23-6-9(4-20)13(24)7-23)15-12(19)3-10-14(25)11(17(26)27)5-21-16(10)22-15/h3,5,9,13,24H,4,6-8,20H2,1-2H3,(H,26,27)(H,21,22,25). The van der Waals surface area contributed by atoms with E-state index in [1.165, 1.54) is 0 Å². The molecule has 1 fully saturated rings. The number of aromatic nitrogens is 2. The van der Waals surface area contributed by atoms with Crippen LogP contribution in [0.2, 0.25) is 0 Å². The molecule has 8 nitrogen and oxygen atoms in total. The number of carbonyl (C=O) groups is 1. The number of fused-ring (bicyclic) bond motifs is 1. The normalized spacial score (nSPS) is 21.1. The van der Waals surface area contributed by atoms with Crippen LogP contribution < -0.4 is 11.2 Å². The Balaban J connectivity index is 1.96. The van der Waals surface area contributed by atoms with E-state index in [0.717, 1.165) is 12.3 Å². The number of halogens is 1. The second kappa shape index (κ2) is 6.99. The maximum atomic E-state index is 14.8. The summed E-state index contributed by atoms with van der Waals surface area (Å²) in [6.45, 7) is 5.57. The fourth-order valence-corrected chi connectivity index (χ4v) is 3.69. The number of hydrogen-bond donors (Lipinski definition) is 4. The third-order valence-electron chi connectivity index (χ3n) is 5.09. The Morgan fingerprint density at radius 2 is 2.19 bits per heavy atom. The second-order valence-electron chi connectivity index (χ2n) is 7.69. The quantitative estimate of drug-likeness (QED) is 0.588. The van der Waals surface area contributed by atoms with Gasteiger partial charge in [-0.1, -0.05) is 13.8 Å². The summed E-state index contributed by atoms with van der Waals surface area (Å²) in [6.07, 6.45) is 0.558. The van der Waals surface area contributed by atoms with E-state index in [1.807, 2.05) is 18.7 Å². The van der Waals surface area contributed by atoms with Crippen molar-refractivity contribution in [2.24, 2.45) is 11.7 Å². The van der Waals surface area contributed by atoms with Crippen molar-refractivity contribution in [3.63, 3.8) is 0 Å². The van der Waals surface area contributed by atoms with E-state index in [0.29, 0.717) is 26.2 Å². The number of aliphatic hydroxyl groups is 1. The third kappa shape index (κ3) is 3.58. The van der Waals surface area contributed by atoms with Crippen molar-refractivity contribution in [3.8, 4) is 0 Å². The minimum Gasteiger partial charge on any atom is -0.477 e. The Morgan fingerprint density at radius 1 is 1.48 bits per heavy atom. The summed E-state index contributed by atoms with van der Waals surface area (Å²) < 4.78 is 14.8. The molecule has 2 atom stereocenters. The third-order valence-corrected chi connectivity index (χ3v) is 5.09. The van der Waals surface area contributed by atoms with E-state index in [4.69, 9.17) is 10.8 Å². The van der Waals surface area contributed by atoms with Crippen LogP contribution in [0, 0.1) is 11.7 Å². The number of nitrogens with zero attached hydrogens (tertiary/aromatic N) is 2. The monoisotopic (exact) mass is 378 g/mol. The molecular formula is C18H23FN4O4. The van der Waals surface area contributed by atoms with Gasteiger partial charge < -0.3 is 20.9 Å². The van der Waals surface area contributed by atoms with Gasteiger partial charge in [0.1, 0.15) is 17.0 Å². The smallest absolute Gasteiger partial charge is 0.341 e. The molecule has 146 valence electrons. The lowest BCUT2D eigenvalue weighted by atomic mass is 9.87. The fourth-order valence-electron chi connectivity index (χ4n) is 3.69. The summed E-state index contributed by atoms with van der Waals surface area (Å²) in [6, 6.07) is 1.03. The van der Waals surface area contributed by atoms with Crippen LogP contribution in [0.1, 0.15) is 29.9 Å². The molecule has 1 saturated heterocycles. The number of rotatable bonds is 5. The van der Waals surface area contributed by atoms with Gasteiger partial charge in [0.15, 0.2) is 0 Å². The van der Waals surface area contributed by atoms with Crippen LogP contribution in [0.4, 0.5) is 4.39 Å². The number of aromatic carboxylic acids is 1. The fraction of sp³-hybridized carbons (Fsp3) is 0.500. The first-order valence-corrected chi connectivity index (χ1v) is 8.70. The van der Waals surface area contributed by atoms with Gasteiger partial charge in [-0.3, -0.25) is 9.69 Å². The average molecular weight is 378 g/mol. The maximum Gasteiger partial charge on any atom is 0.341 e. The molecule has 3 heterocycles. The molecule has 1 aliphatic rings. The van der Waals surface area contributed by atoms with Crippen LogP contribution >= 0.6 is 0 Å². The number of pyridine rings is 2. The molecule has 3 rings (SSSR count). The van der Waals surface area contributed by atoms with Crippen molar-refractivity contribution in [2.75, 3.05) is 26.2 Å². The lowest BCUT2D eigenvalue weighted by Crippen LogP contribution is -2.37. The first kappa shape index (κ1) is 19.4. The molecule has 0 spiro atoms. The molecule has 0 saturated carbocycles. The van der Waals surface area contributed by atoms with Crippen LogP contribution in [0.15, 0.2) is 17.1 Å². The number of aromatic amines is 1. The number of hydrogen-bond acceptors (Lipinski definition) is 6. The second-order valence-corrected chi connectivity index (χ2v) is 7.69. The number of H-pyrrole nitrogens is 1. The van der Waals surface area contributed by atoms with Gasteiger partial charge in [0.2, 0.25) is 5.43 Å². The summed E-state index contributed by atoms with van der Waals surface area (Å²) in [4.78, 5) is 32.2. The summed E-state index contributed by atoms with van der Waals surface area (Å²) in [5, 5.41) is 19.0. The Morgan fingerprint density at radius 3 is 2.78 bits per heavy atom.